The molecule has 1 saturated carbocycles. The van der Waals surface area contributed by atoms with Gasteiger partial charge in [0, 0.05) is 11.6 Å². The minimum atomic E-state index is 0.177. The topological polar surface area (TPSA) is 41.3 Å². The smallest absolute Gasteiger partial charge is 0.0392 e. The molecule has 0 bridgehead atoms. The van der Waals surface area contributed by atoms with Gasteiger partial charge in [-0.2, -0.15) is 0 Å². The van der Waals surface area contributed by atoms with Gasteiger partial charge in [0.2, 0.25) is 0 Å². The Bertz CT molecular complexity index is 234. The van der Waals surface area contributed by atoms with Crippen LogP contribution in [0.25, 0.3) is 0 Å². The van der Waals surface area contributed by atoms with Gasteiger partial charge in [-0.25, -0.2) is 0 Å². The maximum Gasteiger partial charge on any atom is 0.0392 e. The largest absolute Gasteiger partial charge is 0.297 e. The van der Waals surface area contributed by atoms with Gasteiger partial charge in [0.05, 0.1) is 0 Å². The quantitative estimate of drug-likeness (QED) is 0.498. The van der Waals surface area contributed by atoms with Crippen LogP contribution in [0.4, 0.5) is 0 Å². The van der Waals surface area contributed by atoms with Gasteiger partial charge in [0.15, 0.2) is 0 Å². The maximum absolute atomic E-state index is 5.89. The Kier molecular flexibility index (Phi) is 7.33. The van der Waals surface area contributed by atoms with E-state index < -0.39 is 0 Å². The van der Waals surface area contributed by atoms with E-state index in [2.05, 4.69) is 38.0 Å². The second-order valence-electron chi connectivity index (χ2n) is 6.33. The molecule has 0 aliphatic heterocycles. The third-order valence-electron chi connectivity index (χ3n) is 5.49. The van der Waals surface area contributed by atoms with Crippen LogP contribution in [0.5, 0.6) is 0 Å². The van der Waals surface area contributed by atoms with E-state index in [4.69, 9.17) is 5.84 Å². The standard InChI is InChI=1S/C16H35N3/c1-5-16(4,19(6-2)7-3)15(18-17)13-12-14-10-8-9-11-14/h14-15,18H,5-13,17H2,1-4H3. The Morgan fingerprint density at radius 2 is 1.79 bits per heavy atom. The summed E-state index contributed by atoms with van der Waals surface area (Å²) in [5.74, 6) is 6.84. The van der Waals surface area contributed by atoms with E-state index in [9.17, 15) is 0 Å². The van der Waals surface area contributed by atoms with Gasteiger partial charge in [-0.3, -0.25) is 16.2 Å². The normalized spacial score (nSPS) is 21.8. The van der Waals surface area contributed by atoms with E-state index in [1.54, 1.807) is 0 Å². The van der Waals surface area contributed by atoms with Crippen molar-refractivity contribution in [3.8, 4) is 0 Å². The van der Waals surface area contributed by atoms with Crippen molar-refractivity contribution in [2.45, 2.75) is 84.2 Å². The predicted octanol–water partition coefficient (Wildman–Crippen LogP) is 3.30. The number of nitrogens with one attached hydrogen (secondary N) is 1. The summed E-state index contributed by atoms with van der Waals surface area (Å²) in [6, 6.07) is 0.401. The fraction of sp³-hybridized carbons (Fsp3) is 1.00. The zero-order valence-electron chi connectivity index (χ0n) is 13.5. The Labute approximate surface area is 120 Å². The van der Waals surface area contributed by atoms with Crippen LogP contribution in [0.15, 0.2) is 0 Å². The summed E-state index contributed by atoms with van der Waals surface area (Å²) in [5.41, 5.74) is 3.30. The number of nitrogens with zero attached hydrogens (tertiary/aromatic N) is 1. The van der Waals surface area contributed by atoms with Gasteiger partial charge in [-0.05, 0) is 45.2 Å². The van der Waals surface area contributed by atoms with Crippen molar-refractivity contribution in [2.75, 3.05) is 13.1 Å². The first-order valence-electron chi connectivity index (χ1n) is 8.33. The molecule has 1 aliphatic carbocycles. The lowest BCUT2D eigenvalue weighted by atomic mass is 9.83. The van der Waals surface area contributed by atoms with Crippen molar-refractivity contribution in [1.82, 2.24) is 10.3 Å². The lowest BCUT2D eigenvalue weighted by molar-refractivity contribution is 0.0641. The Hall–Kier alpha value is -0.120. The monoisotopic (exact) mass is 269 g/mol. The molecule has 0 spiro atoms. The highest BCUT2D eigenvalue weighted by Gasteiger charge is 2.36. The van der Waals surface area contributed by atoms with Crippen LogP contribution in [0.2, 0.25) is 0 Å². The second-order valence-corrected chi connectivity index (χ2v) is 6.33. The first-order chi connectivity index (χ1) is 9.12. The van der Waals surface area contributed by atoms with Crippen molar-refractivity contribution in [1.29, 1.82) is 0 Å². The lowest BCUT2D eigenvalue weighted by Gasteiger charge is -2.45. The van der Waals surface area contributed by atoms with E-state index in [1.165, 1.54) is 38.5 Å². The van der Waals surface area contributed by atoms with Crippen LogP contribution in [0, 0.1) is 5.92 Å². The summed E-state index contributed by atoms with van der Waals surface area (Å²) < 4.78 is 0. The molecule has 1 rings (SSSR count). The van der Waals surface area contributed by atoms with Crippen molar-refractivity contribution >= 4 is 0 Å². The third-order valence-corrected chi connectivity index (χ3v) is 5.49. The molecule has 2 atom stereocenters. The average Bonchev–Trinajstić information content (AvgIpc) is 2.93. The number of hydrogen-bond donors (Lipinski definition) is 2. The highest BCUT2D eigenvalue weighted by atomic mass is 15.3. The van der Waals surface area contributed by atoms with E-state index in [-0.39, 0.29) is 5.54 Å². The molecule has 0 heterocycles. The molecule has 0 radical (unpaired) electrons. The third kappa shape index (κ3) is 4.17. The number of nitrogens with two attached hydrogens (primary N) is 1. The zero-order valence-corrected chi connectivity index (χ0v) is 13.5. The number of rotatable bonds is 9. The van der Waals surface area contributed by atoms with Gasteiger partial charge in [0.1, 0.15) is 0 Å². The van der Waals surface area contributed by atoms with Crippen LogP contribution in [-0.2, 0) is 0 Å². The molecule has 3 N–H and O–H groups in total. The summed E-state index contributed by atoms with van der Waals surface area (Å²) in [5, 5.41) is 0. The molecule has 3 nitrogen and oxygen atoms in total. The molecule has 0 aromatic carbocycles. The van der Waals surface area contributed by atoms with Crippen molar-refractivity contribution < 1.29 is 0 Å². The fourth-order valence-corrected chi connectivity index (χ4v) is 3.91. The minimum Gasteiger partial charge on any atom is -0.297 e. The van der Waals surface area contributed by atoms with Gasteiger partial charge in [-0.1, -0.05) is 46.5 Å². The molecule has 2 unspecified atom stereocenters. The van der Waals surface area contributed by atoms with E-state index in [0.717, 1.165) is 25.4 Å². The predicted molar refractivity (Wildman–Crippen MR) is 83.9 cm³/mol. The average molecular weight is 269 g/mol. The molecular formula is C16H35N3. The molecule has 3 heteroatoms. The molecule has 1 fully saturated rings. The van der Waals surface area contributed by atoms with Crippen LogP contribution in [0.1, 0.15) is 72.6 Å². The van der Waals surface area contributed by atoms with Crippen molar-refractivity contribution in [3.05, 3.63) is 0 Å². The zero-order chi connectivity index (χ0) is 14.3. The van der Waals surface area contributed by atoms with E-state index in [1.807, 2.05) is 0 Å². The molecule has 114 valence electrons. The minimum absolute atomic E-state index is 0.177. The molecule has 19 heavy (non-hydrogen) atoms. The number of hydrogen-bond acceptors (Lipinski definition) is 3. The van der Waals surface area contributed by atoms with Gasteiger partial charge in [0.25, 0.3) is 0 Å². The Balaban J connectivity index is 2.62. The van der Waals surface area contributed by atoms with E-state index >= 15 is 0 Å². The summed E-state index contributed by atoms with van der Waals surface area (Å²) in [6.45, 7) is 11.4. The van der Waals surface area contributed by atoms with Crippen molar-refractivity contribution in [3.63, 3.8) is 0 Å². The SMILES string of the molecule is CCN(CC)C(C)(CC)C(CCC1CCCC1)NN. The lowest BCUT2D eigenvalue weighted by Crippen LogP contribution is -2.60. The van der Waals surface area contributed by atoms with E-state index in [0.29, 0.717) is 6.04 Å². The molecular weight excluding hydrogens is 234 g/mol. The van der Waals surface area contributed by atoms with Crippen LogP contribution in [-0.4, -0.2) is 29.6 Å². The molecule has 1 aliphatic rings. The maximum atomic E-state index is 5.89. The summed E-state index contributed by atoms with van der Waals surface area (Å²) in [6.07, 6.45) is 9.44. The highest BCUT2D eigenvalue weighted by molar-refractivity contribution is 4.95. The summed E-state index contributed by atoms with van der Waals surface area (Å²) in [4.78, 5) is 2.56. The highest BCUT2D eigenvalue weighted by Crippen LogP contribution is 2.32. The fourth-order valence-electron chi connectivity index (χ4n) is 3.91. The molecule has 0 amide bonds. The van der Waals surface area contributed by atoms with Crippen LogP contribution >= 0.6 is 0 Å². The Morgan fingerprint density at radius 3 is 2.21 bits per heavy atom. The first kappa shape index (κ1) is 16.9. The van der Waals surface area contributed by atoms with Crippen molar-refractivity contribution in [2.24, 2.45) is 11.8 Å². The summed E-state index contributed by atoms with van der Waals surface area (Å²) >= 11 is 0. The number of likely N-dealkylation sites (N-methyl/N-ethyl adjacent to an activating group) is 1. The van der Waals surface area contributed by atoms with Crippen LogP contribution < -0.4 is 11.3 Å². The molecule has 0 saturated heterocycles. The van der Waals surface area contributed by atoms with Crippen LogP contribution in [0.3, 0.4) is 0 Å². The second kappa shape index (κ2) is 8.23. The number of hydrazine groups is 1. The molecule has 0 aromatic rings. The Morgan fingerprint density at radius 1 is 1.21 bits per heavy atom. The first-order valence-corrected chi connectivity index (χ1v) is 8.33. The summed E-state index contributed by atoms with van der Waals surface area (Å²) in [7, 11) is 0. The molecule has 0 aromatic heterocycles. The van der Waals surface area contributed by atoms with Gasteiger partial charge >= 0.3 is 0 Å². The van der Waals surface area contributed by atoms with Gasteiger partial charge in [-0.15, -0.1) is 0 Å². The van der Waals surface area contributed by atoms with Gasteiger partial charge < -0.3 is 0 Å².